The van der Waals surface area contributed by atoms with Crippen LogP contribution in [0.2, 0.25) is 0 Å². The fraction of sp³-hybridized carbons (Fsp3) is 0.321. The van der Waals surface area contributed by atoms with Gasteiger partial charge in [0.2, 0.25) is 10.0 Å². The fourth-order valence-electron chi connectivity index (χ4n) is 10.5. The number of allylic oxidation sites excluding steroid dienone is 6. The summed E-state index contributed by atoms with van der Waals surface area (Å²) in [7, 11) is -23.3. The number of ketones is 1. The lowest BCUT2D eigenvalue weighted by molar-refractivity contribution is -0.438. The molecule has 2 aliphatic rings. The molecule has 0 radical (unpaired) electrons. The Kier molecular flexibility index (Phi) is 17.2. The SMILES string of the molecule is CCCC[N+]1=C(/C=C/C(=C/C=C2/N(CCCS(=O)(=O)O)c3ccc4c(S(=O)(=O)O)cc(S(=O)(=O)O)cc4c3C2(C)C)c2ccc(C(=O)NCCCC(=O)Cc3nnc(S(N)(=O)=O)s3)cn2)C(C)(C)c2c1ccc1ccc(S(=O)(=O)O)cc21. The Morgan fingerprint density at radius 2 is 1.46 bits per heavy atom. The highest BCUT2D eigenvalue weighted by Crippen LogP contribution is 2.52. The lowest BCUT2D eigenvalue weighted by atomic mass is 9.79. The lowest BCUT2D eigenvalue weighted by Crippen LogP contribution is -2.28. The van der Waals surface area contributed by atoms with Crippen molar-refractivity contribution in [3.8, 4) is 0 Å². The quantitative estimate of drug-likeness (QED) is 0.0178. The van der Waals surface area contributed by atoms with E-state index in [0.717, 1.165) is 41.3 Å². The maximum absolute atomic E-state index is 13.5. The number of unbranched alkanes of at least 4 members (excludes halogenated alkanes) is 1. The maximum atomic E-state index is 13.5. The monoisotopic (exact) mass is 1240 g/mol. The smallest absolute Gasteiger partial charge is 0.295 e. The molecule has 0 atom stereocenters. The van der Waals surface area contributed by atoms with E-state index in [-0.39, 0.29) is 70.8 Å². The summed E-state index contributed by atoms with van der Waals surface area (Å²) in [6.07, 6.45) is 10.0. The molecule has 6 aromatic rings. The first-order valence-electron chi connectivity index (χ1n) is 25.3. The predicted octanol–water partition coefficient (Wildman–Crippen LogP) is 6.72. The second kappa shape index (κ2) is 22.9. The van der Waals surface area contributed by atoms with Gasteiger partial charge >= 0.3 is 0 Å². The average Bonchev–Trinajstić information content (AvgIpc) is 2.11. The minimum atomic E-state index is -5.09. The van der Waals surface area contributed by atoms with Crippen molar-refractivity contribution in [1.29, 1.82) is 0 Å². The second-order valence-corrected chi connectivity index (χ2v) is 29.3. The Morgan fingerprint density at radius 1 is 0.768 bits per heavy atom. The Hall–Kier alpha value is -6.51. The molecule has 0 bridgehead atoms. The number of nitrogens with zero attached hydrogens (tertiary/aromatic N) is 5. The summed E-state index contributed by atoms with van der Waals surface area (Å²) in [5.41, 5.74) is 2.51. The Bertz CT molecular complexity index is 4340. The molecule has 2 aliphatic heterocycles. The van der Waals surface area contributed by atoms with Crippen molar-refractivity contribution in [3.05, 3.63) is 130 Å². The third-order valence-corrected chi connectivity index (χ3v) is 19.8. The van der Waals surface area contributed by atoms with Crippen LogP contribution in [-0.2, 0) is 72.5 Å². The van der Waals surface area contributed by atoms with Crippen LogP contribution in [0.4, 0.5) is 11.4 Å². The number of amides is 1. The second-order valence-electron chi connectivity index (χ2n) is 20.7. The fourth-order valence-corrected chi connectivity index (χ4v) is 14.3. The number of nitrogens with two attached hydrogens (primary N) is 1. The third kappa shape index (κ3) is 13.1. The molecular formula is C53H58N7O16S6+. The number of benzene rings is 4. The van der Waals surface area contributed by atoms with E-state index in [1.165, 1.54) is 36.5 Å². The van der Waals surface area contributed by atoms with Crippen LogP contribution in [0.15, 0.2) is 122 Å². The summed E-state index contributed by atoms with van der Waals surface area (Å²) >= 11 is 0.689. The molecule has 0 aliphatic carbocycles. The molecule has 8 rings (SSSR count). The largest absolute Gasteiger partial charge is 0.352 e. The summed E-state index contributed by atoms with van der Waals surface area (Å²) in [5, 5.41) is 16.5. The molecule has 82 heavy (non-hydrogen) atoms. The van der Waals surface area contributed by atoms with Crippen LogP contribution < -0.4 is 15.4 Å². The van der Waals surface area contributed by atoms with E-state index in [4.69, 9.17) is 10.1 Å². The van der Waals surface area contributed by atoms with Gasteiger partial charge in [0.15, 0.2) is 5.71 Å². The summed E-state index contributed by atoms with van der Waals surface area (Å²) in [6, 6.07) is 16.0. The number of Topliss-reactive ketones (excluding diaryl/α,β-unsaturated/α-hetero) is 1. The molecule has 0 spiro atoms. The normalized spacial score (nSPS) is 16.2. The van der Waals surface area contributed by atoms with E-state index >= 15 is 0 Å². The van der Waals surface area contributed by atoms with Crippen molar-refractivity contribution in [2.45, 2.75) is 103 Å². The molecule has 4 heterocycles. The van der Waals surface area contributed by atoms with E-state index in [1.54, 1.807) is 49.1 Å². The molecule has 7 N–H and O–H groups in total. The molecule has 0 saturated heterocycles. The van der Waals surface area contributed by atoms with Gasteiger partial charge in [0.1, 0.15) is 22.2 Å². The first kappa shape index (κ1) is 61.6. The van der Waals surface area contributed by atoms with Crippen LogP contribution in [0, 0.1) is 0 Å². The van der Waals surface area contributed by atoms with Gasteiger partial charge in [-0.15, -0.1) is 10.2 Å². The predicted molar refractivity (Wildman–Crippen MR) is 307 cm³/mol. The van der Waals surface area contributed by atoms with Gasteiger partial charge in [0.25, 0.3) is 56.4 Å². The number of carbonyl (C=O) groups excluding carboxylic acids is 2. The molecule has 1 amide bonds. The number of aromatic nitrogens is 3. The Morgan fingerprint density at radius 3 is 2.09 bits per heavy atom. The number of hydrogen-bond donors (Lipinski definition) is 6. The molecule has 0 unspecified atom stereocenters. The number of rotatable bonds is 22. The van der Waals surface area contributed by atoms with Gasteiger partial charge < -0.3 is 10.2 Å². The topological polar surface area (TPSA) is 369 Å². The van der Waals surface area contributed by atoms with E-state index < -0.39 is 87.1 Å². The zero-order valence-electron chi connectivity index (χ0n) is 44.8. The van der Waals surface area contributed by atoms with Crippen LogP contribution >= 0.6 is 11.3 Å². The molecule has 0 saturated carbocycles. The van der Waals surface area contributed by atoms with Gasteiger partial charge in [-0.2, -0.15) is 38.2 Å². The van der Waals surface area contributed by atoms with Gasteiger partial charge in [0.05, 0.1) is 38.6 Å². The number of carbonyl (C=O) groups is 2. The molecule has 436 valence electrons. The zero-order valence-corrected chi connectivity index (χ0v) is 49.7. The Balaban J connectivity index is 1.22. The van der Waals surface area contributed by atoms with Crippen LogP contribution in [0.3, 0.4) is 0 Å². The van der Waals surface area contributed by atoms with Crippen molar-refractivity contribution < 1.29 is 74.5 Å². The number of hydrogen-bond acceptors (Lipinski definition) is 17. The van der Waals surface area contributed by atoms with E-state index in [2.05, 4.69) is 20.1 Å². The van der Waals surface area contributed by atoms with Crippen LogP contribution in [0.5, 0.6) is 0 Å². The minimum Gasteiger partial charge on any atom is -0.352 e. The maximum Gasteiger partial charge on any atom is 0.295 e. The number of primary sulfonamides is 1. The highest BCUT2D eigenvalue weighted by atomic mass is 32.3. The van der Waals surface area contributed by atoms with Crippen molar-refractivity contribution in [1.82, 2.24) is 20.5 Å². The minimum absolute atomic E-state index is 0.0247. The Labute approximate surface area is 478 Å². The van der Waals surface area contributed by atoms with E-state index in [0.29, 0.717) is 57.5 Å². The van der Waals surface area contributed by atoms with Crippen LogP contribution in [0.25, 0.3) is 27.1 Å². The molecule has 29 heteroatoms. The van der Waals surface area contributed by atoms with Crippen molar-refractivity contribution in [2.75, 3.05) is 30.3 Å². The molecule has 23 nitrogen and oxygen atoms in total. The number of sulfonamides is 1. The molecule has 0 fully saturated rings. The van der Waals surface area contributed by atoms with Gasteiger partial charge in [-0.25, -0.2) is 13.6 Å². The lowest BCUT2D eigenvalue weighted by Gasteiger charge is -2.27. The van der Waals surface area contributed by atoms with E-state index in [1.807, 2.05) is 39.0 Å². The number of pyridine rings is 1. The molecule has 4 aromatic carbocycles. The molecule has 2 aromatic heterocycles. The van der Waals surface area contributed by atoms with Gasteiger partial charge in [0, 0.05) is 77.6 Å². The third-order valence-electron chi connectivity index (χ3n) is 14.2. The van der Waals surface area contributed by atoms with Crippen molar-refractivity contribution in [3.63, 3.8) is 0 Å². The standard InChI is InChI=1S/C53H57N7O16S6/c1-6-7-24-59-42-19-13-32-11-16-36(80(68,69)70)28-39(32)48(42)52(2,3)45(59)21-14-33(41-18-12-34(31-56-41)50(62)55-23-8-10-35(61)27-47-57-58-51(77-47)79(54,66)67)15-22-46-53(4,5)49-40-29-37(81(71,72)73)30-44(82(74,75)76)38(40)17-20-43(49)60(46)25-9-26-78(63,64)65/h11-22,28-31H,6-10,23-27H2,1-5H3,(H6-,54,55,62,63,64,65,66,67,68,69,70,71,72,73,74,75,76)/p+1. The number of fused-ring (bicyclic) bond motifs is 6. The highest BCUT2D eigenvalue weighted by molar-refractivity contribution is 7.91. The van der Waals surface area contributed by atoms with Crippen molar-refractivity contribution >= 4 is 118 Å². The van der Waals surface area contributed by atoms with Crippen LogP contribution in [-0.4, -0.2) is 123 Å². The van der Waals surface area contributed by atoms with Gasteiger partial charge in [-0.3, -0.25) is 32.8 Å². The number of nitrogens with one attached hydrogen (secondary N) is 1. The first-order chi connectivity index (χ1) is 38.1. The zero-order chi connectivity index (χ0) is 60.1. The van der Waals surface area contributed by atoms with Gasteiger partial charge in [-0.1, -0.05) is 56.7 Å². The summed E-state index contributed by atoms with van der Waals surface area (Å²) in [4.78, 5) is 30.7. The molecular weight excluding hydrogens is 1180 g/mol. The summed E-state index contributed by atoms with van der Waals surface area (Å²) < 4.78 is 165. The van der Waals surface area contributed by atoms with Gasteiger partial charge in [-0.05, 0) is 109 Å². The average molecular weight is 1240 g/mol. The van der Waals surface area contributed by atoms with Crippen molar-refractivity contribution in [2.24, 2.45) is 5.14 Å². The van der Waals surface area contributed by atoms with E-state index in [9.17, 15) is 69.9 Å². The summed E-state index contributed by atoms with van der Waals surface area (Å²) in [5.74, 6) is -1.44. The first-order valence-corrected chi connectivity index (χ1v) is 33.6. The number of anilines is 1. The summed E-state index contributed by atoms with van der Waals surface area (Å²) in [6.45, 7) is 10.1. The highest BCUT2D eigenvalue weighted by Gasteiger charge is 2.46. The van der Waals surface area contributed by atoms with Crippen LogP contribution in [0.1, 0.15) is 98.9 Å².